The Morgan fingerprint density at radius 1 is 1.00 bits per heavy atom. The second-order valence-electron chi connectivity index (χ2n) is 6.41. The molecule has 0 heterocycles. The number of hydrogen-bond donors (Lipinski definition) is 1. The molecule has 8 heteroatoms. The van der Waals surface area contributed by atoms with E-state index in [-0.39, 0.29) is 22.9 Å². The molecule has 0 spiro atoms. The van der Waals surface area contributed by atoms with Crippen LogP contribution >= 0.6 is 0 Å². The van der Waals surface area contributed by atoms with Gasteiger partial charge in [0.2, 0.25) is 0 Å². The molecule has 0 aromatic heterocycles. The van der Waals surface area contributed by atoms with Crippen molar-refractivity contribution in [2.24, 2.45) is 0 Å². The van der Waals surface area contributed by atoms with Crippen molar-refractivity contribution in [2.45, 2.75) is 38.1 Å². The minimum Gasteiger partial charge on any atom is -0.465 e. The molecule has 0 saturated heterocycles. The van der Waals surface area contributed by atoms with E-state index in [1.807, 2.05) is 0 Å². The molecule has 8 nitrogen and oxygen atoms in total. The summed E-state index contributed by atoms with van der Waals surface area (Å²) in [5.41, 5.74) is 0.181. The third-order valence-corrected chi connectivity index (χ3v) is 4.73. The SMILES string of the molecule is COC(=O)c1ccc(C(=O)OC)c(NC(=O)C(=O)N(C)C2CCCCC2)c1. The summed E-state index contributed by atoms with van der Waals surface area (Å²) in [7, 11) is 4.02. The second-order valence-corrected chi connectivity index (χ2v) is 6.41. The molecule has 27 heavy (non-hydrogen) atoms. The van der Waals surface area contributed by atoms with E-state index in [0.717, 1.165) is 32.1 Å². The lowest BCUT2D eigenvalue weighted by molar-refractivity contribution is -0.144. The zero-order valence-corrected chi connectivity index (χ0v) is 15.7. The van der Waals surface area contributed by atoms with Crippen LogP contribution < -0.4 is 5.32 Å². The average molecular weight is 376 g/mol. The molecule has 1 aliphatic carbocycles. The quantitative estimate of drug-likeness (QED) is 0.637. The maximum Gasteiger partial charge on any atom is 0.339 e. The van der Waals surface area contributed by atoms with E-state index in [1.165, 1.54) is 37.3 Å². The maximum atomic E-state index is 12.5. The van der Waals surface area contributed by atoms with E-state index in [1.54, 1.807) is 7.05 Å². The van der Waals surface area contributed by atoms with Crippen molar-refractivity contribution in [1.82, 2.24) is 4.90 Å². The predicted molar refractivity (Wildman–Crippen MR) is 97.4 cm³/mol. The number of hydrogen-bond acceptors (Lipinski definition) is 6. The highest BCUT2D eigenvalue weighted by Gasteiger charge is 2.28. The number of nitrogens with zero attached hydrogens (tertiary/aromatic N) is 1. The first kappa shape index (κ1) is 20.4. The zero-order valence-electron chi connectivity index (χ0n) is 15.7. The standard InChI is InChI=1S/C19H24N2O6/c1-21(13-7-5-4-6-8-13)17(23)16(22)20-15-11-12(18(24)26-2)9-10-14(15)19(25)27-3/h9-11,13H,4-8H2,1-3H3,(H,20,22). The van der Waals surface area contributed by atoms with Gasteiger partial charge in [-0.15, -0.1) is 0 Å². The summed E-state index contributed by atoms with van der Waals surface area (Å²) in [5, 5.41) is 2.43. The number of rotatable bonds is 4. The normalized spacial score (nSPS) is 14.2. The predicted octanol–water partition coefficient (Wildman–Crippen LogP) is 1.99. The Morgan fingerprint density at radius 2 is 1.63 bits per heavy atom. The van der Waals surface area contributed by atoms with Crippen LogP contribution in [0.3, 0.4) is 0 Å². The van der Waals surface area contributed by atoms with Crippen molar-refractivity contribution in [3.05, 3.63) is 29.3 Å². The molecule has 146 valence electrons. The fraction of sp³-hybridized carbons (Fsp3) is 0.474. The number of carbonyl (C=O) groups excluding carboxylic acids is 4. The van der Waals surface area contributed by atoms with Crippen molar-refractivity contribution in [3.8, 4) is 0 Å². The summed E-state index contributed by atoms with van der Waals surface area (Å²) in [6.07, 6.45) is 4.91. The minimum absolute atomic E-state index is 0.0140. The fourth-order valence-corrected chi connectivity index (χ4v) is 3.15. The zero-order chi connectivity index (χ0) is 20.0. The second kappa shape index (κ2) is 9.16. The molecular formula is C19H24N2O6. The molecule has 2 amide bonds. The van der Waals surface area contributed by atoms with E-state index in [9.17, 15) is 19.2 Å². The van der Waals surface area contributed by atoms with Crippen molar-refractivity contribution >= 4 is 29.4 Å². The van der Waals surface area contributed by atoms with Crippen LogP contribution in [0.25, 0.3) is 0 Å². The molecular weight excluding hydrogens is 352 g/mol. The Morgan fingerprint density at radius 3 is 2.22 bits per heavy atom. The van der Waals surface area contributed by atoms with Crippen molar-refractivity contribution < 1.29 is 28.7 Å². The molecule has 1 aromatic carbocycles. The van der Waals surface area contributed by atoms with Gasteiger partial charge in [0.15, 0.2) is 0 Å². The monoisotopic (exact) mass is 376 g/mol. The molecule has 0 radical (unpaired) electrons. The Kier molecular flexibility index (Phi) is 6.92. The number of esters is 2. The van der Waals surface area contributed by atoms with Crippen LogP contribution in [0, 0.1) is 0 Å². The van der Waals surface area contributed by atoms with Crippen molar-refractivity contribution in [1.29, 1.82) is 0 Å². The molecule has 1 fully saturated rings. The number of methoxy groups -OCH3 is 2. The topological polar surface area (TPSA) is 102 Å². The summed E-state index contributed by atoms with van der Waals surface area (Å²) in [5.74, 6) is -2.90. The van der Waals surface area contributed by atoms with Crippen molar-refractivity contribution in [2.75, 3.05) is 26.6 Å². The Balaban J connectivity index is 2.22. The molecule has 1 saturated carbocycles. The smallest absolute Gasteiger partial charge is 0.339 e. The van der Waals surface area contributed by atoms with Crippen LogP contribution in [0.4, 0.5) is 5.69 Å². The Hall–Kier alpha value is -2.90. The first-order valence-electron chi connectivity index (χ1n) is 8.77. The third kappa shape index (κ3) is 4.84. The minimum atomic E-state index is -0.879. The van der Waals surface area contributed by atoms with Crippen LogP contribution in [0.1, 0.15) is 52.8 Å². The first-order chi connectivity index (χ1) is 12.9. The highest BCUT2D eigenvalue weighted by Crippen LogP contribution is 2.23. The molecule has 1 aromatic rings. The molecule has 0 aliphatic heterocycles. The van der Waals surface area contributed by atoms with Crippen LogP contribution in [0.2, 0.25) is 0 Å². The molecule has 0 bridgehead atoms. The number of nitrogens with one attached hydrogen (secondary N) is 1. The lowest BCUT2D eigenvalue weighted by Gasteiger charge is -2.30. The van der Waals surface area contributed by atoms with Gasteiger partial charge in [-0.05, 0) is 31.0 Å². The highest BCUT2D eigenvalue weighted by atomic mass is 16.5. The fourth-order valence-electron chi connectivity index (χ4n) is 3.15. The van der Waals surface area contributed by atoms with Gasteiger partial charge in [-0.3, -0.25) is 9.59 Å². The molecule has 1 N–H and O–H groups in total. The summed E-state index contributed by atoms with van der Waals surface area (Å²) in [4.78, 5) is 50.0. The lowest BCUT2D eigenvalue weighted by atomic mass is 9.94. The number of likely N-dealkylation sites (N-methyl/N-ethyl adjacent to an activating group) is 1. The van der Waals surface area contributed by atoms with E-state index in [4.69, 9.17) is 0 Å². The molecule has 0 atom stereocenters. The summed E-state index contributed by atoms with van der Waals surface area (Å²) in [6, 6.07) is 4.02. The third-order valence-electron chi connectivity index (χ3n) is 4.73. The van der Waals surface area contributed by atoms with E-state index >= 15 is 0 Å². The molecule has 1 aliphatic rings. The van der Waals surface area contributed by atoms with Gasteiger partial charge in [-0.2, -0.15) is 0 Å². The summed E-state index contributed by atoms with van der Waals surface area (Å²) >= 11 is 0. The van der Waals surface area contributed by atoms with Gasteiger partial charge in [0.25, 0.3) is 0 Å². The van der Waals surface area contributed by atoms with Gasteiger partial charge < -0.3 is 19.7 Å². The molecule has 2 rings (SSSR count). The summed E-state index contributed by atoms with van der Waals surface area (Å²) in [6.45, 7) is 0. The van der Waals surface area contributed by atoms with Crippen LogP contribution in [0.15, 0.2) is 18.2 Å². The van der Waals surface area contributed by atoms with Crippen LogP contribution in [-0.4, -0.2) is 56.0 Å². The average Bonchev–Trinajstić information content (AvgIpc) is 2.71. The number of carbonyl (C=O) groups is 4. The highest BCUT2D eigenvalue weighted by molar-refractivity contribution is 6.40. The van der Waals surface area contributed by atoms with Gasteiger partial charge in [-0.1, -0.05) is 19.3 Å². The lowest BCUT2D eigenvalue weighted by Crippen LogP contribution is -2.44. The van der Waals surface area contributed by atoms with E-state index < -0.39 is 23.8 Å². The van der Waals surface area contributed by atoms with Gasteiger partial charge >= 0.3 is 23.8 Å². The first-order valence-corrected chi connectivity index (χ1v) is 8.77. The van der Waals surface area contributed by atoms with Gasteiger partial charge in [0, 0.05) is 13.1 Å². The van der Waals surface area contributed by atoms with Gasteiger partial charge in [-0.25, -0.2) is 9.59 Å². The van der Waals surface area contributed by atoms with E-state index in [0.29, 0.717) is 0 Å². The Labute approximate surface area is 157 Å². The van der Waals surface area contributed by atoms with Crippen LogP contribution in [-0.2, 0) is 19.1 Å². The number of anilines is 1. The van der Waals surface area contributed by atoms with Gasteiger partial charge in [0.1, 0.15) is 0 Å². The maximum absolute atomic E-state index is 12.5. The number of amides is 2. The van der Waals surface area contributed by atoms with E-state index in [2.05, 4.69) is 14.8 Å². The number of benzene rings is 1. The van der Waals surface area contributed by atoms with Crippen molar-refractivity contribution in [3.63, 3.8) is 0 Å². The summed E-state index contributed by atoms with van der Waals surface area (Å²) < 4.78 is 9.33. The van der Waals surface area contributed by atoms with Crippen LogP contribution in [0.5, 0.6) is 0 Å². The molecule has 0 unspecified atom stereocenters. The largest absolute Gasteiger partial charge is 0.465 e. The number of ether oxygens (including phenoxy) is 2. The Bertz CT molecular complexity index is 740. The van der Waals surface area contributed by atoms with Gasteiger partial charge in [0.05, 0.1) is 31.0 Å².